The van der Waals surface area contributed by atoms with Crippen LogP contribution in [0.25, 0.3) is 44.8 Å². The number of aromatic nitrogens is 2. The molecule has 0 N–H and O–H groups in total. The Labute approximate surface area is 198 Å². The van der Waals surface area contributed by atoms with Crippen LogP contribution in [0.2, 0.25) is 0 Å². The van der Waals surface area contributed by atoms with E-state index in [1.807, 2.05) is 97.1 Å². The summed E-state index contributed by atoms with van der Waals surface area (Å²) in [6.45, 7) is 0. The van der Waals surface area contributed by atoms with Crippen molar-refractivity contribution in [2.24, 2.45) is 0 Å². The third kappa shape index (κ3) is 4.05. The quantitative estimate of drug-likeness (QED) is 0.309. The van der Waals surface area contributed by atoms with Crippen LogP contribution in [-0.4, -0.2) is 9.97 Å². The standard InChI is InChI=1S/C30H18N4/c31-19-27-28(20-32)34-30(26-17-13-24(14-18-26)22-9-5-2-6-10-22)29(33-27)25-15-11-23(12-16-25)21-7-3-1-4-8-21/h1-18H. The van der Waals surface area contributed by atoms with Crippen LogP contribution < -0.4 is 0 Å². The van der Waals surface area contributed by atoms with Crippen LogP contribution >= 0.6 is 0 Å². The van der Waals surface area contributed by atoms with Crippen LogP contribution in [0.4, 0.5) is 0 Å². The minimum absolute atomic E-state index is 0.0225. The van der Waals surface area contributed by atoms with Gasteiger partial charge in [-0.1, -0.05) is 109 Å². The molecule has 0 saturated heterocycles. The van der Waals surface area contributed by atoms with Gasteiger partial charge in [-0.15, -0.1) is 0 Å². The summed E-state index contributed by atoms with van der Waals surface area (Å²) in [6, 6.07) is 40.3. The molecule has 158 valence electrons. The topological polar surface area (TPSA) is 73.4 Å². The predicted octanol–water partition coefficient (Wildman–Crippen LogP) is 6.89. The fraction of sp³-hybridized carbons (Fsp3) is 0. The lowest BCUT2D eigenvalue weighted by Crippen LogP contribution is -2.01. The molecule has 0 aliphatic rings. The molecule has 0 radical (unpaired) electrons. The molecule has 0 aliphatic carbocycles. The molecular formula is C30H18N4. The second kappa shape index (κ2) is 9.20. The van der Waals surface area contributed by atoms with E-state index in [9.17, 15) is 10.5 Å². The molecule has 4 heteroatoms. The molecule has 1 aromatic heterocycles. The smallest absolute Gasteiger partial charge is 0.177 e. The number of rotatable bonds is 4. The zero-order valence-electron chi connectivity index (χ0n) is 18.2. The number of hydrogen-bond acceptors (Lipinski definition) is 4. The summed E-state index contributed by atoms with van der Waals surface area (Å²) in [5.74, 6) is 0. The highest BCUT2D eigenvalue weighted by Gasteiger charge is 2.17. The Hall–Kier alpha value is -5.06. The molecule has 5 aromatic rings. The average Bonchev–Trinajstić information content (AvgIpc) is 2.93. The van der Waals surface area contributed by atoms with Crippen molar-refractivity contribution in [1.29, 1.82) is 10.5 Å². The van der Waals surface area contributed by atoms with Crippen LogP contribution in [-0.2, 0) is 0 Å². The van der Waals surface area contributed by atoms with Gasteiger partial charge in [0, 0.05) is 11.1 Å². The summed E-state index contributed by atoms with van der Waals surface area (Å²) in [5.41, 5.74) is 7.25. The van der Waals surface area contributed by atoms with E-state index in [1.165, 1.54) is 0 Å². The molecule has 4 nitrogen and oxygen atoms in total. The van der Waals surface area contributed by atoms with Crippen LogP contribution in [0.1, 0.15) is 11.4 Å². The zero-order chi connectivity index (χ0) is 23.3. The monoisotopic (exact) mass is 434 g/mol. The van der Waals surface area contributed by atoms with Crippen molar-refractivity contribution in [2.45, 2.75) is 0 Å². The molecule has 1 heterocycles. The average molecular weight is 435 g/mol. The Bertz CT molecular complexity index is 1410. The molecule has 5 rings (SSSR count). The second-order valence-electron chi connectivity index (χ2n) is 7.73. The molecular weight excluding hydrogens is 416 g/mol. The molecule has 0 aliphatic heterocycles. The summed E-state index contributed by atoms with van der Waals surface area (Å²) in [7, 11) is 0. The maximum Gasteiger partial charge on any atom is 0.177 e. The normalized spacial score (nSPS) is 10.3. The number of nitrogens with zero attached hydrogens (tertiary/aromatic N) is 4. The van der Waals surface area contributed by atoms with E-state index in [2.05, 4.69) is 34.2 Å². The Morgan fingerprint density at radius 3 is 1.00 bits per heavy atom. The molecule has 34 heavy (non-hydrogen) atoms. The van der Waals surface area contributed by atoms with Crippen molar-refractivity contribution in [3.05, 3.63) is 121 Å². The largest absolute Gasteiger partial charge is 0.232 e. The molecule has 4 aromatic carbocycles. The van der Waals surface area contributed by atoms with Gasteiger partial charge in [-0.05, 0) is 22.3 Å². The third-order valence-corrected chi connectivity index (χ3v) is 5.64. The Morgan fingerprint density at radius 2 is 0.676 bits per heavy atom. The molecule has 0 bridgehead atoms. The minimum Gasteiger partial charge on any atom is -0.232 e. The van der Waals surface area contributed by atoms with Gasteiger partial charge in [-0.25, -0.2) is 9.97 Å². The van der Waals surface area contributed by atoms with Gasteiger partial charge >= 0.3 is 0 Å². The van der Waals surface area contributed by atoms with E-state index in [1.54, 1.807) is 0 Å². The lowest BCUT2D eigenvalue weighted by atomic mass is 9.98. The first-order chi connectivity index (χ1) is 16.8. The van der Waals surface area contributed by atoms with E-state index < -0.39 is 0 Å². The highest BCUT2D eigenvalue weighted by Crippen LogP contribution is 2.32. The predicted molar refractivity (Wildman–Crippen MR) is 133 cm³/mol. The van der Waals surface area contributed by atoms with Gasteiger partial charge in [0.1, 0.15) is 12.1 Å². The van der Waals surface area contributed by atoms with Gasteiger partial charge in [0.2, 0.25) is 0 Å². The van der Waals surface area contributed by atoms with E-state index in [0.717, 1.165) is 33.4 Å². The van der Waals surface area contributed by atoms with Crippen LogP contribution in [0.15, 0.2) is 109 Å². The van der Waals surface area contributed by atoms with Crippen molar-refractivity contribution >= 4 is 0 Å². The molecule has 0 amide bonds. The zero-order valence-corrected chi connectivity index (χ0v) is 18.2. The highest BCUT2D eigenvalue weighted by atomic mass is 14.9. The highest BCUT2D eigenvalue weighted by molar-refractivity contribution is 5.81. The lowest BCUT2D eigenvalue weighted by Gasteiger charge is -2.11. The molecule has 0 fully saturated rings. The second-order valence-corrected chi connectivity index (χ2v) is 7.73. The van der Waals surface area contributed by atoms with E-state index in [4.69, 9.17) is 0 Å². The fourth-order valence-electron chi connectivity index (χ4n) is 3.90. The van der Waals surface area contributed by atoms with Gasteiger partial charge in [-0.2, -0.15) is 10.5 Å². The van der Waals surface area contributed by atoms with Gasteiger partial charge in [-0.3, -0.25) is 0 Å². The summed E-state index contributed by atoms with van der Waals surface area (Å²) >= 11 is 0. The molecule has 0 saturated carbocycles. The van der Waals surface area contributed by atoms with Crippen molar-refractivity contribution < 1.29 is 0 Å². The van der Waals surface area contributed by atoms with Crippen LogP contribution in [0.5, 0.6) is 0 Å². The van der Waals surface area contributed by atoms with Crippen LogP contribution in [0.3, 0.4) is 0 Å². The molecule has 0 spiro atoms. The Kier molecular flexibility index (Phi) is 5.64. The SMILES string of the molecule is N#Cc1nc(-c2ccc(-c3ccccc3)cc2)c(-c2ccc(-c3ccccc3)cc2)nc1C#N. The van der Waals surface area contributed by atoms with Gasteiger partial charge in [0.15, 0.2) is 11.4 Å². The van der Waals surface area contributed by atoms with Crippen molar-refractivity contribution in [2.75, 3.05) is 0 Å². The summed E-state index contributed by atoms with van der Waals surface area (Å²) in [6.07, 6.45) is 0. The molecule has 0 unspecified atom stereocenters. The van der Waals surface area contributed by atoms with Gasteiger partial charge in [0.05, 0.1) is 11.4 Å². The first kappa shape index (κ1) is 20.8. The maximum absolute atomic E-state index is 9.53. The molecule has 0 atom stereocenters. The van der Waals surface area contributed by atoms with E-state index in [-0.39, 0.29) is 11.4 Å². The Balaban J connectivity index is 1.60. The first-order valence-corrected chi connectivity index (χ1v) is 10.8. The maximum atomic E-state index is 9.53. The lowest BCUT2D eigenvalue weighted by molar-refractivity contribution is 1.14. The van der Waals surface area contributed by atoms with E-state index >= 15 is 0 Å². The first-order valence-electron chi connectivity index (χ1n) is 10.8. The van der Waals surface area contributed by atoms with Crippen molar-refractivity contribution in [3.63, 3.8) is 0 Å². The minimum atomic E-state index is 0.0225. The summed E-state index contributed by atoms with van der Waals surface area (Å²) < 4.78 is 0. The summed E-state index contributed by atoms with van der Waals surface area (Å²) in [5, 5.41) is 19.1. The fourth-order valence-corrected chi connectivity index (χ4v) is 3.90. The summed E-state index contributed by atoms with van der Waals surface area (Å²) in [4.78, 5) is 9.09. The van der Waals surface area contributed by atoms with Gasteiger partial charge in [0.25, 0.3) is 0 Å². The van der Waals surface area contributed by atoms with E-state index in [0.29, 0.717) is 11.4 Å². The number of nitriles is 2. The number of benzene rings is 4. The van der Waals surface area contributed by atoms with Crippen molar-refractivity contribution in [1.82, 2.24) is 9.97 Å². The van der Waals surface area contributed by atoms with Gasteiger partial charge < -0.3 is 0 Å². The van der Waals surface area contributed by atoms with Crippen LogP contribution in [0, 0.1) is 22.7 Å². The Morgan fingerprint density at radius 1 is 0.382 bits per heavy atom. The third-order valence-electron chi connectivity index (χ3n) is 5.64. The number of hydrogen-bond donors (Lipinski definition) is 0. The van der Waals surface area contributed by atoms with Crippen molar-refractivity contribution in [3.8, 4) is 56.9 Å².